The lowest BCUT2D eigenvalue weighted by Crippen LogP contribution is -2.10. The van der Waals surface area contributed by atoms with Crippen molar-refractivity contribution in [2.45, 2.75) is 27.2 Å². The van der Waals surface area contributed by atoms with E-state index in [1.54, 1.807) is 6.92 Å². The van der Waals surface area contributed by atoms with Gasteiger partial charge in [-0.05, 0) is 27.0 Å². The molecule has 0 heterocycles. The summed E-state index contributed by atoms with van der Waals surface area (Å²) < 4.78 is 0. The number of hydrogen-bond acceptors (Lipinski definition) is 2. The second kappa shape index (κ2) is 6.17. The third-order valence-electron chi connectivity index (χ3n) is 1.56. The Morgan fingerprint density at radius 2 is 2.15 bits per heavy atom. The molecule has 0 saturated carbocycles. The van der Waals surface area contributed by atoms with Crippen LogP contribution in [0.1, 0.15) is 27.2 Å². The number of rotatable bonds is 4. The van der Waals surface area contributed by atoms with Crippen LogP contribution in [0.25, 0.3) is 0 Å². The molecule has 1 N–H and O–H groups in total. The van der Waals surface area contributed by atoms with Crippen LogP contribution < -0.4 is 5.32 Å². The molecule has 0 aliphatic heterocycles. The minimum Gasteiger partial charge on any atom is -0.345 e. The molecule has 0 aromatic rings. The Morgan fingerprint density at radius 3 is 2.54 bits per heavy atom. The minimum atomic E-state index is 0.597. The van der Waals surface area contributed by atoms with Gasteiger partial charge >= 0.3 is 0 Å². The van der Waals surface area contributed by atoms with Crippen molar-refractivity contribution in [3.05, 3.63) is 24.2 Å². The third kappa shape index (κ3) is 4.95. The molecular weight excluding hydrogens is 162 g/mol. The summed E-state index contributed by atoms with van der Waals surface area (Å²) in [5.41, 5.74) is 1.10. The van der Waals surface area contributed by atoms with Gasteiger partial charge in [-0.2, -0.15) is 0 Å². The van der Waals surface area contributed by atoms with E-state index in [2.05, 4.69) is 35.5 Å². The van der Waals surface area contributed by atoms with E-state index in [0.717, 1.165) is 12.1 Å². The normalized spacial score (nSPS) is 12.5. The number of nitrogens with one attached hydrogen (secondary N) is 1. The van der Waals surface area contributed by atoms with Gasteiger partial charge in [0.15, 0.2) is 0 Å². The Bertz CT molecular complexity index is 249. The zero-order valence-corrected chi connectivity index (χ0v) is 8.59. The number of aliphatic imine (C=N–C) groups is 2. The monoisotopic (exact) mass is 179 g/mol. The topological polar surface area (TPSA) is 36.8 Å². The molecule has 3 heteroatoms. The standard InChI is InChI=1S/C10H17N3/c1-6-10(7-2)13-9(4)12-8(3)11-5/h6,13H,4-5,7H2,1-3H3/b10-6+,12-8?. The maximum Gasteiger partial charge on any atom is 0.126 e. The molecule has 3 nitrogen and oxygen atoms in total. The van der Waals surface area contributed by atoms with Crippen LogP contribution in [-0.2, 0) is 0 Å². The quantitative estimate of drug-likeness (QED) is 0.522. The lowest BCUT2D eigenvalue weighted by molar-refractivity contribution is 0.878. The fraction of sp³-hybridized carbons (Fsp3) is 0.400. The lowest BCUT2D eigenvalue weighted by atomic mass is 10.3. The van der Waals surface area contributed by atoms with Crippen LogP contribution in [0.15, 0.2) is 34.2 Å². The Morgan fingerprint density at radius 1 is 1.54 bits per heavy atom. The molecule has 0 saturated heterocycles. The molecule has 0 rings (SSSR count). The molecule has 0 amide bonds. The van der Waals surface area contributed by atoms with E-state index in [-0.39, 0.29) is 0 Å². The van der Waals surface area contributed by atoms with E-state index < -0.39 is 0 Å². The Kier molecular flexibility index (Phi) is 5.52. The van der Waals surface area contributed by atoms with Crippen molar-refractivity contribution in [1.29, 1.82) is 0 Å². The second-order valence-electron chi connectivity index (χ2n) is 2.56. The van der Waals surface area contributed by atoms with Crippen molar-refractivity contribution in [2.75, 3.05) is 0 Å². The van der Waals surface area contributed by atoms with Crippen molar-refractivity contribution in [1.82, 2.24) is 5.32 Å². The van der Waals surface area contributed by atoms with Crippen LogP contribution in [0.3, 0.4) is 0 Å². The van der Waals surface area contributed by atoms with Crippen LogP contribution in [0.5, 0.6) is 0 Å². The summed E-state index contributed by atoms with van der Waals surface area (Å²) in [6, 6.07) is 0. The van der Waals surface area contributed by atoms with Crippen molar-refractivity contribution < 1.29 is 0 Å². The molecule has 0 aromatic heterocycles. The van der Waals surface area contributed by atoms with Gasteiger partial charge in [0.05, 0.1) is 0 Å². The van der Waals surface area contributed by atoms with E-state index in [1.165, 1.54) is 0 Å². The summed E-state index contributed by atoms with van der Waals surface area (Å²) >= 11 is 0. The molecule has 0 unspecified atom stereocenters. The first-order valence-electron chi connectivity index (χ1n) is 4.27. The van der Waals surface area contributed by atoms with Crippen LogP contribution in [0.2, 0.25) is 0 Å². The van der Waals surface area contributed by atoms with Crippen molar-refractivity contribution in [3.8, 4) is 0 Å². The summed E-state index contributed by atoms with van der Waals surface area (Å²) in [4.78, 5) is 7.74. The molecule has 0 bridgehead atoms. The van der Waals surface area contributed by atoms with Gasteiger partial charge in [-0.1, -0.05) is 19.6 Å². The molecule has 0 radical (unpaired) electrons. The minimum absolute atomic E-state index is 0.597. The first-order valence-corrected chi connectivity index (χ1v) is 4.27. The van der Waals surface area contributed by atoms with Gasteiger partial charge < -0.3 is 5.32 Å². The third-order valence-corrected chi connectivity index (χ3v) is 1.56. The molecule has 0 fully saturated rings. The molecule has 13 heavy (non-hydrogen) atoms. The average molecular weight is 179 g/mol. The van der Waals surface area contributed by atoms with E-state index in [9.17, 15) is 0 Å². The van der Waals surface area contributed by atoms with Crippen LogP contribution in [-0.4, -0.2) is 12.6 Å². The first kappa shape index (κ1) is 11.6. The summed E-state index contributed by atoms with van der Waals surface area (Å²) in [7, 11) is 0. The predicted octanol–water partition coefficient (Wildman–Crippen LogP) is 2.48. The van der Waals surface area contributed by atoms with Gasteiger partial charge in [0, 0.05) is 5.70 Å². The molecule has 0 aromatic carbocycles. The largest absolute Gasteiger partial charge is 0.345 e. The average Bonchev–Trinajstić information content (AvgIpc) is 2.13. The molecule has 0 atom stereocenters. The van der Waals surface area contributed by atoms with Crippen LogP contribution in [0.4, 0.5) is 0 Å². The number of allylic oxidation sites excluding steroid dienone is 2. The maximum atomic E-state index is 4.07. The predicted molar refractivity (Wildman–Crippen MR) is 59.0 cm³/mol. The second-order valence-corrected chi connectivity index (χ2v) is 2.56. The molecular formula is C10H17N3. The zero-order chi connectivity index (χ0) is 10.3. The lowest BCUT2D eigenvalue weighted by Gasteiger charge is -2.07. The molecule has 0 aliphatic carbocycles. The summed E-state index contributed by atoms with van der Waals surface area (Å²) in [6.45, 7) is 12.9. The van der Waals surface area contributed by atoms with Crippen molar-refractivity contribution in [3.63, 3.8) is 0 Å². The Labute approximate surface area is 80.0 Å². The Hall–Kier alpha value is -1.38. The van der Waals surface area contributed by atoms with E-state index in [0.29, 0.717) is 11.7 Å². The van der Waals surface area contributed by atoms with Gasteiger partial charge in [-0.3, -0.25) is 0 Å². The fourth-order valence-corrected chi connectivity index (χ4v) is 0.809. The highest BCUT2D eigenvalue weighted by Crippen LogP contribution is 2.00. The van der Waals surface area contributed by atoms with E-state index in [1.807, 2.05) is 13.0 Å². The smallest absolute Gasteiger partial charge is 0.126 e. The highest BCUT2D eigenvalue weighted by atomic mass is 15.1. The van der Waals surface area contributed by atoms with Gasteiger partial charge in [0.1, 0.15) is 11.7 Å². The zero-order valence-electron chi connectivity index (χ0n) is 8.59. The SMILES string of the molecule is C=NC(C)=NC(=C)N/C(=C/C)CC. The number of nitrogens with zero attached hydrogens (tertiary/aromatic N) is 2. The van der Waals surface area contributed by atoms with Gasteiger partial charge in [-0.25, -0.2) is 9.98 Å². The van der Waals surface area contributed by atoms with Gasteiger partial charge in [-0.15, -0.1) is 0 Å². The number of hydrogen-bond donors (Lipinski definition) is 1. The summed E-state index contributed by atoms with van der Waals surface area (Å²) in [5.74, 6) is 1.21. The Balaban J connectivity index is 4.24. The van der Waals surface area contributed by atoms with E-state index >= 15 is 0 Å². The summed E-state index contributed by atoms with van der Waals surface area (Å²) in [5, 5.41) is 3.07. The van der Waals surface area contributed by atoms with Crippen LogP contribution in [0, 0.1) is 0 Å². The first-order chi connectivity index (χ1) is 6.13. The molecule has 0 spiro atoms. The van der Waals surface area contributed by atoms with Crippen molar-refractivity contribution >= 4 is 12.6 Å². The summed E-state index contributed by atoms with van der Waals surface area (Å²) in [6.07, 6.45) is 2.93. The van der Waals surface area contributed by atoms with Gasteiger partial charge in [0.2, 0.25) is 0 Å². The van der Waals surface area contributed by atoms with Gasteiger partial charge in [0.25, 0.3) is 0 Å². The fourth-order valence-electron chi connectivity index (χ4n) is 0.809. The van der Waals surface area contributed by atoms with Crippen molar-refractivity contribution in [2.24, 2.45) is 9.98 Å². The molecule has 0 aliphatic rings. The highest BCUT2D eigenvalue weighted by Gasteiger charge is 1.93. The number of amidine groups is 1. The maximum absolute atomic E-state index is 4.07. The van der Waals surface area contributed by atoms with E-state index in [4.69, 9.17) is 0 Å². The van der Waals surface area contributed by atoms with Crippen LogP contribution >= 0.6 is 0 Å². The highest BCUT2D eigenvalue weighted by molar-refractivity contribution is 5.84. The molecule has 72 valence electrons.